The first-order valence-electron chi connectivity index (χ1n) is 7.47. The molecule has 0 saturated carbocycles. The molecule has 0 bridgehead atoms. The number of thiazole rings is 1. The molecule has 0 aromatic carbocycles. The minimum Gasteiger partial charge on any atom is -0.351 e. The third-order valence-electron chi connectivity index (χ3n) is 3.41. The van der Waals surface area contributed by atoms with E-state index in [0.717, 1.165) is 43.3 Å². The number of nitrogens with one attached hydrogen (secondary N) is 1. The number of aromatic nitrogens is 2. The molecule has 0 saturated heterocycles. The van der Waals surface area contributed by atoms with Gasteiger partial charge in [-0.2, -0.15) is 0 Å². The van der Waals surface area contributed by atoms with E-state index in [0.29, 0.717) is 0 Å². The molecule has 0 spiro atoms. The fraction of sp³-hybridized carbons (Fsp3) is 0.500. The Morgan fingerprint density at radius 3 is 2.76 bits per heavy atom. The second-order valence-electron chi connectivity index (χ2n) is 5.21. The number of rotatable bonds is 8. The topological polar surface area (TPSA) is 41.0 Å². The molecule has 0 aliphatic carbocycles. The van der Waals surface area contributed by atoms with Gasteiger partial charge in [0.05, 0.1) is 5.69 Å². The summed E-state index contributed by atoms with van der Waals surface area (Å²) < 4.78 is 0. The van der Waals surface area contributed by atoms with Crippen LogP contribution in [0.3, 0.4) is 0 Å². The summed E-state index contributed by atoms with van der Waals surface area (Å²) >= 11 is 1.79. The third kappa shape index (κ3) is 4.79. The minimum absolute atomic E-state index is 0.926. The molecule has 4 nitrogen and oxygen atoms in total. The third-order valence-corrected chi connectivity index (χ3v) is 4.68. The second kappa shape index (κ2) is 8.10. The van der Waals surface area contributed by atoms with E-state index in [9.17, 15) is 0 Å². The molecule has 0 atom stereocenters. The number of aryl methyl sites for hydroxylation is 1. The van der Waals surface area contributed by atoms with Gasteiger partial charge in [-0.05, 0) is 44.0 Å². The van der Waals surface area contributed by atoms with Crippen LogP contribution in [0.15, 0.2) is 24.5 Å². The Morgan fingerprint density at radius 2 is 2.05 bits per heavy atom. The van der Waals surface area contributed by atoms with E-state index in [-0.39, 0.29) is 0 Å². The predicted octanol–water partition coefficient (Wildman–Crippen LogP) is 3.03. The van der Waals surface area contributed by atoms with Crippen molar-refractivity contribution in [1.29, 1.82) is 0 Å². The van der Waals surface area contributed by atoms with Crippen LogP contribution in [-0.2, 0) is 13.0 Å². The van der Waals surface area contributed by atoms with Crippen molar-refractivity contribution in [2.24, 2.45) is 0 Å². The van der Waals surface area contributed by atoms with Gasteiger partial charge in [0.25, 0.3) is 0 Å². The monoisotopic (exact) mass is 304 g/mol. The van der Waals surface area contributed by atoms with Crippen molar-refractivity contribution < 1.29 is 0 Å². The normalized spacial score (nSPS) is 10.8. The molecule has 5 heteroatoms. The Morgan fingerprint density at radius 1 is 1.29 bits per heavy atom. The van der Waals surface area contributed by atoms with Gasteiger partial charge in [-0.25, -0.2) is 4.98 Å². The van der Waals surface area contributed by atoms with E-state index in [1.807, 2.05) is 12.4 Å². The molecular weight excluding hydrogens is 280 g/mol. The van der Waals surface area contributed by atoms with E-state index < -0.39 is 0 Å². The molecule has 2 heterocycles. The van der Waals surface area contributed by atoms with Crippen LogP contribution >= 0.6 is 11.3 Å². The summed E-state index contributed by atoms with van der Waals surface area (Å²) in [6, 6.07) is 4.14. The molecule has 0 aliphatic heterocycles. The van der Waals surface area contributed by atoms with Gasteiger partial charge in [-0.1, -0.05) is 6.92 Å². The lowest BCUT2D eigenvalue weighted by molar-refractivity contribution is 0.678. The Kier molecular flexibility index (Phi) is 6.14. The van der Waals surface area contributed by atoms with Crippen LogP contribution in [0.25, 0.3) is 0 Å². The maximum absolute atomic E-state index is 4.69. The fourth-order valence-corrected chi connectivity index (χ4v) is 3.08. The lowest BCUT2D eigenvalue weighted by Gasteiger charge is -2.15. The number of likely N-dealkylation sites (N-methyl/N-ethyl adjacent to an activating group) is 1. The highest BCUT2D eigenvalue weighted by Crippen LogP contribution is 2.25. The molecule has 1 N–H and O–H groups in total. The molecule has 0 unspecified atom stereocenters. The van der Waals surface area contributed by atoms with Crippen molar-refractivity contribution in [2.45, 2.75) is 33.2 Å². The van der Waals surface area contributed by atoms with Gasteiger partial charge in [0, 0.05) is 37.4 Å². The molecule has 114 valence electrons. The molecule has 0 amide bonds. The smallest absolute Gasteiger partial charge is 0.185 e. The second-order valence-corrected chi connectivity index (χ2v) is 6.27. The van der Waals surface area contributed by atoms with E-state index in [1.165, 1.54) is 10.4 Å². The Balaban J connectivity index is 1.90. The Labute approximate surface area is 131 Å². The van der Waals surface area contributed by atoms with Crippen molar-refractivity contribution in [2.75, 3.05) is 25.0 Å². The number of pyridine rings is 1. The quantitative estimate of drug-likeness (QED) is 0.761. The summed E-state index contributed by atoms with van der Waals surface area (Å²) in [6.07, 6.45) is 5.87. The highest BCUT2D eigenvalue weighted by molar-refractivity contribution is 7.15. The van der Waals surface area contributed by atoms with E-state index >= 15 is 0 Å². The van der Waals surface area contributed by atoms with Crippen LogP contribution in [0, 0.1) is 6.92 Å². The highest BCUT2D eigenvalue weighted by Gasteiger charge is 2.10. The van der Waals surface area contributed by atoms with Crippen molar-refractivity contribution in [3.63, 3.8) is 0 Å². The summed E-state index contributed by atoms with van der Waals surface area (Å²) in [7, 11) is 2.11. The molecule has 0 fully saturated rings. The lowest BCUT2D eigenvalue weighted by atomic mass is 10.2. The average Bonchev–Trinajstić information content (AvgIpc) is 2.87. The average molecular weight is 304 g/mol. The van der Waals surface area contributed by atoms with Crippen LogP contribution in [0.5, 0.6) is 0 Å². The standard InChI is InChI=1S/C16H24N4S/c1-4-8-18-12-15-13(2)19-16(21-15)20(3)11-7-14-5-9-17-10-6-14/h5-6,9-10,18H,4,7-8,11-12H2,1-3H3. The predicted molar refractivity (Wildman–Crippen MR) is 90.1 cm³/mol. The molecule has 0 radical (unpaired) electrons. The fourth-order valence-electron chi connectivity index (χ4n) is 2.06. The maximum atomic E-state index is 4.69. The van der Waals surface area contributed by atoms with Crippen molar-refractivity contribution in [3.8, 4) is 0 Å². The van der Waals surface area contributed by atoms with Gasteiger partial charge in [0.1, 0.15) is 0 Å². The molecule has 2 aromatic rings. The van der Waals surface area contributed by atoms with Gasteiger partial charge in [-0.15, -0.1) is 11.3 Å². The Bertz CT molecular complexity index is 538. The SMILES string of the molecule is CCCNCc1sc(N(C)CCc2ccncc2)nc1C. The summed E-state index contributed by atoms with van der Waals surface area (Å²) in [5.74, 6) is 0. The van der Waals surface area contributed by atoms with Crippen molar-refractivity contribution in [3.05, 3.63) is 40.7 Å². The first kappa shape index (κ1) is 15.9. The van der Waals surface area contributed by atoms with Crippen LogP contribution < -0.4 is 10.2 Å². The zero-order valence-corrected chi connectivity index (χ0v) is 13.9. The van der Waals surface area contributed by atoms with E-state index in [4.69, 9.17) is 4.98 Å². The number of hydrogen-bond donors (Lipinski definition) is 1. The largest absolute Gasteiger partial charge is 0.351 e. The summed E-state index contributed by atoms with van der Waals surface area (Å²) in [6.45, 7) is 7.24. The van der Waals surface area contributed by atoms with Crippen LogP contribution in [0.2, 0.25) is 0 Å². The van der Waals surface area contributed by atoms with Crippen LogP contribution in [0.1, 0.15) is 29.5 Å². The van der Waals surface area contributed by atoms with Crippen LogP contribution in [0.4, 0.5) is 5.13 Å². The van der Waals surface area contributed by atoms with Gasteiger partial charge in [-0.3, -0.25) is 4.98 Å². The van der Waals surface area contributed by atoms with E-state index in [1.54, 1.807) is 11.3 Å². The first-order valence-corrected chi connectivity index (χ1v) is 8.29. The molecule has 0 aliphatic rings. The van der Waals surface area contributed by atoms with E-state index in [2.05, 4.69) is 48.2 Å². The Hall–Kier alpha value is -1.46. The zero-order chi connectivity index (χ0) is 15.1. The lowest BCUT2D eigenvalue weighted by Crippen LogP contribution is -2.20. The van der Waals surface area contributed by atoms with Crippen LogP contribution in [-0.4, -0.2) is 30.1 Å². The first-order chi connectivity index (χ1) is 10.2. The summed E-state index contributed by atoms with van der Waals surface area (Å²) in [5.41, 5.74) is 2.46. The summed E-state index contributed by atoms with van der Waals surface area (Å²) in [4.78, 5) is 12.3. The molecule has 21 heavy (non-hydrogen) atoms. The minimum atomic E-state index is 0.926. The van der Waals surface area contributed by atoms with Gasteiger partial charge in [0.2, 0.25) is 0 Å². The molecular formula is C16H24N4S. The highest BCUT2D eigenvalue weighted by atomic mass is 32.1. The molecule has 2 aromatic heterocycles. The molecule has 2 rings (SSSR count). The van der Waals surface area contributed by atoms with Crippen molar-refractivity contribution >= 4 is 16.5 Å². The zero-order valence-electron chi connectivity index (χ0n) is 13.1. The summed E-state index contributed by atoms with van der Waals surface area (Å²) in [5, 5.41) is 4.55. The number of hydrogen-bond acceptors (Lipinski definition) is 5. The number of nitrogens with zero attached hydrogens (tertiary/aromatic N) is 3. The number of anilines is 1. The van der Waals surface area contributed by atoms with Gasteiger partial charge < -0.3 is 10.2 Å². The van der Waals surface area contributed by atoms with Gasteiger partial charge >= 0.3 is 0 Å². The van der Waals surface area contributed by atoms with Gasteiger partial charge in [0.15, 0.2) is 5.13 Å². The maximum Gasteiger partial charge on any atom is 0.185 e. The van der Waals surface area contributed by atoms with Crippen molar-refractivity contribution in [1.82, 2.24) is 15.3 Å².